The number of nitrogens with one attached hydrogen (secondary N) is 1. The predicted octanol–water partition coefficient (Wildman–Crippen LogP) is 5.96. The number of carboxylic acids is 1. The zero-order valence-electron chi connectivity index (χ0n) is 22.2. The number of aromatic carboxylic acids is 1. The largest absolute Gasteiger partial charge is 0.483 e. The van der Waals surface area contributed by atoms with E-state index in [0.29, 0.717) is 18.4 Å². The minimum Gasteiger partial charge on any atom is -0.483 e. The highest BCUT2D eigenvalue weighted by Gasteiger charge is 2.54. The van der Waals surface area contributed by atoms with Crippen LogP contribution in [0.3, 0.4) is 0 Å². The highest BCUT2D eigenvalue weighted by atomic mass is 31.1. The molecule has 206 valence electrons. The zero-order chi connectivity index (χ0) is 27.3. The van der Waals surface area contributed by atoms with E-state index < -0.39 is 12.3 Å². The molecule has 6 aliphatic rings. The average molecular weight is 558 g/mol. The van der Waals surface area contributed by atoms with E-state index in [0.717, 1.165) is 65.9 Å². The number of rotatable bonds is 8. The molecule has 3 aromatic rings. The van der Waals surface area contributed by atoms with Gasteiger partial charge in [0.15, 0.2) is 12.9 Å². The Bertz CT molecular complexity index is 1510. The summed E-state index contributed by atoms with van der Waals surface area (Å²) in [5.41, 5.74) is 6.19. The minimum absolute atomic E-state index is 0.0540. The Morgan fingerprint density at radius 3 is 2.55 bits per heavy atom. The summed E-state index contributed by atoms with van der Waals surface area (Å²) in [6.45, 7) is 0.523. The van der Waals surface area contributed by atoms with Crippen LogP contribution in [0.1, 0.15) is 54.4 Å². The fourth-order valence-electron chi connectivity index (χ4n) is 7.01. The van der Waals surface area contributed by atoms with Crippen LogP contribution in [-0.2, 0) is 19.8 Å². The van der Waals surface area contributed by atoms with Crippen molar-refractivity contribution in [1.82, 2.24) is 5.48 Å². The van der Waals surface area contributed by atoms with Crippen molar-refractivity contribution in [3.63, 3.8) is 0 Å². The third-order valence-corrected chi connectivity index (χ3v) is 10.9. The molecule has 0 spiro atoms. The number of carboxylic acid groups (broad SMARTS) is 1. The Kier molecular flexibility index (Phi) is 6.62. The quantitative estimate of drug-likeness (QED) is 0.262. The summed E-state index contributed by atoms with van der Waals surface area (Å²) in [6.07, 6.45) is 7.12. The fraction of sp³-hybridized carbons (Fsp3) is 0.406. The Balaban J connectivity index is 1.16. The molecule has 1 saturated heterocycles. The lowest BCUT2D eigenvalue weighted by Gasteiger charge is -2.58. The molecule has 3 heterocycles. The van der Waals surface area contributed by atoms with Gasteiger partial charge in [0.25, 0.3) is 5.91 Å². The number of ether oxygens (including phenoxy) is 2. The smallest absolute Gasteiger partial charge is 0.335 e. The van der Waals surface area contributed by atoms with E-state index >= 15 is 0 Å². The molecule has 3 unspecified atom stereocenters. The van der Waals surface area contributed by atoms with Crippen LogP contribution < -0.4 is 10.2 Å². The first-order chi connectivity index (χ1) is 19.5. The molecule has 7 nitrogen and oxygen atoms in total. The van der Waals surface area contributed by atoms with Crippen molar-refractivity contribution in [1.29, 1.82) is 0 Å². The number of hydroxylamine groups is 1. The summed E-state index contributed by atoms with van der Waals surface area (Å²) < 4.78 is 11.7. The van der Waals surface area contributed by atoms with E-state index in [-0.39, 0.29) is 23.5 Å². The molecular weight excluding hydrogens is 525 g/mol. The van der Waals surface area contributed by atoms with E-state index in [1.807, 2.05) is 30.3 Å². The summed E-state index contributed by atoms with van der Waals surface area (Å²) in [6, 6.07) is 17.7. The van der Waals surface area contributed by atoms with Gasteiger partial charge >= 0.3 is 5.97 Å². The van der Waals surface area contributed by atoms with Gasteiger partial charge in [0.05, 0.1) is 5.56 Å². The lowest BCUT2D eigenvalue weighted by molar-refractivity contribution is -0.201. The summed E-state index contributed by atoms with van der Waals surface area (Å²) in [5.74, 6) is 0.926. The summed E-state index contributed by atoms with van der Waals surface area (Å²) in [5, 5.41) is 13.0. The molecule has 3 saturated carbocycles. The van der Waals surface area contributed by atoms with Gasteiger partial charge < -0.3 is 14.6 Å². The first kappa shape index (κ1) is 25.7. The van der Waals surface area contributed by atoms with Crippen LogP contribution in [0.15, 0.2) is 54.6 Å². The molecule has 2 N–H and O–H groups in total. The Morgan fingerprint density at radius 1 is 1.00 bits per heavy atom. The van der Waals surface area contributed by atoms with Gasteiger partial charge in [-0.15, -0.1) is 8.20 Å². The van der Waals surface area contributed by atoms with Crippen molar-refractivity contribution in [3.05, 3.63) is 65.7 Å². The maximum atomic E-state index is 12.6. The highest BCUT2D eigenvalue weighted by Crippen LogP contribution is 2.61. The molecule has 8 heteroatoms. The maximum absolute atomic E-state index is 12.6. The van der Waals surface area contributed by atoms with Crippen molar-refractivity contribution < 1.29 is 29.0 Å². The van der Waals surface area contributed by atoms with Gasteiger partial charge in [-0.3, -0.25) is 4.79 Å². The van der Waals surface area contributed by atoms with Crippen molar-refractivity contribution in [2.24, 2.45) is 11.8 Å². The number of fused-ring (bicyclic) bond motifs is 2. The van der Waals surface area contributed by atoms with Crippen molar-refractivity contribution in [2.75, 3.05) is 19.4 Å². The second kappa shape index (κ2) is 10.3. The van der Waals surface area contributed by atoms with Crippen LogP contribution in [0.4, 0.5) is 0 Å². The summed E-state index contributed by atoms with van der Waals surface area (Å²) in [7, 11) is 1.47. The molecule has 0 aromatic heterocycles. The van der Waals surface area contributed by atoms with Gasteiger partial charge in [0, 0.05) is 24.0 Å². The Hall–Kier alpha value is -3.25. The molecule has 9 rings (SSSR count). The van der Waals surface area contributed by atoms with E-state index in [9.17, 15) is 14.7 Å². The first-order valence-corrected chi connectivity index (χ1v) is 15.2. The molecule has 0 radical (unpaired) electrons. The molecule has 4 bridgehead atoms. The van der Waals surface area contributed by atoms with Crippen molar-refractivity contribution >= 4 is 36.1 Å². The second-order valence-corrected chi connectivity index (χ2v) is 12.7. The second-order valence-electron chi connectivity index (χ2n) is 11.6. The van der Waals surface area contributed by atoms with Gasteiger partial charge in [0.1, 0.15) is 5.75 Å². The molecule has 3 atom stereocenters. The molecule has 3 aromatic carbocycles. The Labute approximate surface area is 234 Å². The molecular formula is C32H32NO6P. The maximum Gasteiger partial charge on any atom is 0.335 e. The van der Waals surface area contributed by atoms with E-state index in [1.54, 1.807) is 17.4 Å². The van der Waals surface area contributed by atoms with Gasteiger partial charge in [0.2, 0.25) is 0 Å². The molecule has 40 heavy (non-hydrogen) atoms. The third kappa shape index (κ3) is 4.70. The van der Waals surface area contributed by atoms with Crippen LogP contribution in [0, 0.1) is 11.8 Å². The number of amides is 1. The number of hydrogen-bond acceptors (Lipinski definition) is 5. The molecule has 1 amide bonds. The lowest BCUT2D eigenvalue weighted by atomic mass is 9.53. The monoisotopic (exact) mass is 557 g/mol. The van der Waals surface area contributed by atoms with Crippen molar-refractivity contribution in [3.8, 4) is 16.9 Å². The predicted molar refractivity (Wildman–Crippen MR) is 154 cm³/mol. The van der Waals surface area contributed by atoms with Crippen LogP contribution in [0.5, 0.6) is 5.75 Å². The topological polar surface area (TPSA) is 94.1 Å². The van der Waals surface area contributed by atoms with Crippen molar-refractivity contribution in [2.45, 2.75) is 50.2 Å². The average Bonchev–Trinajstić information content (AvgIpc) is 2.99. The molecule has 3 aliphatic heterocycles. The standard InChI is InChI=1S/C32H32NO6P/c34-28(33-39-29-3-1-2-10-37-29)17-38-27-9-8-22(14-26(27)32-15-24-13-25(16-32)30(24)40-18-32)20-4-5-21-12-23(31(35)36)7-6-19(21)11-20/h4-9,11-12,14,24-25,29H,1-3,10,13,15-18H2,(H,33,34)(H,35,36). The number of carbonyl (C=O) groups is 2. The first-order valence-electron chi connectivity index (χ1n) is 14.1. The molecule has 3 aliphatic carbocycles. The van der Waals surface area contributed by atoms with E-state index in [4.69, 9.17) is 14.3 Å². The zero-order valence-corrected chi connectivity index (χ0v) is 23.1. The summed E-state index contributed by atoms with van der Waals surface area (Å²) >= 11 is 0. The van der Waals surface area contributed by atoms with Gasteiger partial charge in [-0.2, -0.15) is 0 Å². The van der Waals surface area contributed by atoms with Crippen LogP contribution in [0.25, 0.3) is 21.9 Å². The molecule has 4 fully saturated rings. The van der Waals surface area contributed by atoms with Gasteiger partial charge in [-0.1, -0.05) is 24.3 Å². The van der Waals surface area contributed by atoms with Crippen LogP contribution >= 0.6 is 8.20 Å². The van der Waals surface area contributed by atoms with Gasteiger partial charge in [-0.05, 0) is 108 Å². The Morgan fingerprint density at radius 2 is 1.77 bits per heavy atom. The van der Waals surface area contributed by atoms with E-state index in [1.165, 1.54) is 20.2 Å². The van der Waals surface area contributed by atoms with Crippen LogP contribution in [-0.4, -0.2) is 47.9 Å². The van der Waals surface area contributed by atoms with E-state index in [2.05, 4.69) is 17.6 Å². The minimum atomic E-state index is -0.925. The SMILES string of the molecule is O=C(COc1ccc(-c2ccc3cc(C(=O)O)ccc3c2)cc1C12CP=C3C(CC3C1)C2)NOC1CCCCO1. The number of hydrogen-bond donors (Lipinski definition) is 2. The fourth-order valence-corrected chi connectivity index (χ4v) is 8.84. The highest BCUT2D eigenvalue weighted by molar-refractivity contribution is 7.41. The number of benzene rings is 3. The normalized spacial score (nSPS) is 27.0. The number of carbonyl (C=O) groups excluding carboxylic acids is 1. The van der Waals surface area contributed by atoms with Crippen LogP contribution in [0.2, 0.25) is 0 Å². The summed E-state index contributed by atoms with van der Waals surface area (Å²) in [4.78, 5) is 29.4. The third-order valence-electron chi connectivity index (χ3n) is 9.02. The lowest BCUT2D eigenvalue weighted by Crippen LogP contribution is -2.55. The van der Waals surface area contributed by atoms with Gasteiger partial charge in [-0.25, -0.2) is 15.1 Å².